The number of carbonyl (C=O) groups excluding carboxylic acids is 1. The highest BCUT2D eigenvalue weighted by molar-refractivity contribution is 8.13. The smallest absolute Gasteiger partial charge is 0.225 e. The van der Waals surface area contributed by atoms with Gasteiger partial charge >= 0.3 is 0 Å². The molecule has 0 aromatic heterocycles. The van der Waals surface area contributed by atoms with E-state index >= 15 is 0 Å². The molecule has 0 aliphatic heterocycles. The van der Waals surface area contributed by atoms with E-state index in [1.807, 2.05) is 81.4 Å². The molecule has 0 radical (unpaired) electrons. The first-order chi connectivity index (χ1) is 11.4. The third-order valence-electron chi connectivity index (χ3n) is 3.64. The van der Waals surface area contributed by atoms with E-state index in [2.05, 4.69) is 0 Å². The van der Waals surface area contributed by atoms with Gasteiger partial charge in [-0.1, -0.05) is 69.3 Å². The van der Waals surface area contributed by atoms with E-state index in [1.165, 1.54) is 0 Å². The van der Waals surface area contributed by atoms with Crippen LogP contribution in [0.2, 0.25) is 0 Å². The molecule has 1 N–H and O–H groups in total. The van der Waals surface area contributed by atoms with E-state index in [1.54, 1.807) is 0 Å². The van der Waals surface area contributed by atoms with Crippen molar-refractivity contribution in [1.82, 2.24) is 0 Å². The van der Waals surface area contributed by atoms with Crippen LogP contribution in [0.4, 0.5) is 0 Å². The van der Waals surface area contributed by atoms with Crippen molar-refractivity contribution >= 4 is 16.9 Å². The fourth-order valence-electron chi connectivity index (χ4n) is 2.17. The molecule has 0 saturated heterocycles. The van der Waals surface area contributed by atoms with Crippen molar-refractivity contribution < 1.29 is 14.6 Å². The SMILES string of the molecule is CC(C)(C)[C@@H](O)[C@H](OCc1ccccc1)C(=O)Sc1ccccc1. The lowest BCUT2D eigenvalue weighted by molar-refractivity contribution is -0.138. The molecule has 2 aromatic carbocycles. The molecule has 128 valence electrons. The summed E-state index contributed by atoms with van der Waals surface area (Å²) in [7, 11) is 0. The fraction of sp³-hybridized carbons (Fsp3) is 0.350. The topological polar surface area (TPSA) is 46.5 Å². The summed E-state index contributed by atoms with van der Waals surface area (Å²) in [4.78, 5) is 13.5. The third-order valence-corrected chi connectivity index (χ3v) is 4.58. The van der Waals surface area contributed by atoms with Crippen LogP contribution < -0.4 is 0 Å². The van der Waals surface area contributed by atoms with Crippen molar-refractivity contribution in [3.63, 3.8) is 0 Å². The molecule has 2 atom stereocenters. The average Bonchev–Trinajstić information content (AvgIpc) is 2.56. The summed E-state index contributed by atoms with van der Waals surface area (Å²) in [5.41, 5.74) is 0.523. The molecule has 0 aliphatic carbocycles. The molecule has 0 saturated carbocycles. The zero-order valence-electron chi connectivity index (χ0n) is 14.3. The quantitative estimate of drug-likeness (QED) is 0.794. The molecule has 0 bridgehead atoms. The van der Waals surface area contributed by atoms with Crippen molar-refractivity contribution in [2.24, 2.45) is 5.41 Å². The number of rotatable bonds is 6. The summed E-state index contributed by atoms with van der Waals surface area (Å²) in [6, 6.07) is 19.1. The van der Waals surface area contributed by atoms with E-state index in [-0.39, 0.29) is 5.12 Å². The Balaban J connectivity index is 2.11. The third kappa shape index (κ3) is 5.48. The minimum atomic E-state index is -0.884. The van der Waals surface area contributed by atoms with Crippen LogP contribution in [0.25, 0.3) is 0 Å². The number of aliphatic hydroxyl groups is 1. The number of hydrogen-bond acceptors (Lipinski definition) is 4. The van der Waals surface area contributed by atoms with Crippen LogP contribution in [0, 0.1) is 5.41 Å². The summed E-state index contributed by atoms with van der Waals surface area (Å²) in [6.07, 6.45) is -1.76. The van der Waals surface area contributed by atoms with Crippen LogP contribution in [0.5, 0.6) is 0 Å². The molecule has 0 fully saturated rings. The van der Waals surface area contributed by atoms with Gasteiger partial charge in [0.1, 0.15) is 0 Å². The van der Waals surface area contributed by atoms with Gasteiger partial charge in [-0.15, -0.1) is 0 Å². The normalized spacial score (nSPS) is 14.2. The molecule has 0 spiro atoms. The predicted molar refractivity (Wildman–Crippen MR) is 97.8 cm³/mol. The summed E-state index contributed by atoms with van der Waals surface area (Å²) in [5, 5.41) is 10.4. The standard InChI is InChI=1S/C20H24O3S/c1-20(2,3)18(21)17(23-14-15-10-6-4-7-11-15)19(22)24-16-12-8-5-9-13-16/h4-13,17-18,21H,14H2,1-3H3/t17-,18-/m0/s1. The van der Waals surface area contributed by atoms with Gasteiger partial charge in [0.05, 0.1) is 12.7 Å². The molecular formula is C20H24O3S. The number of ether oxygens (including phenoxy) is 1. The summed E-state index contributed by atoms with van der Waals surface area (Å²) >= 11 is 1.11. The molecule has 0 amide bonds. The summed E-state index contributed by atoms with van der Waals surface area (Å²) in [5.74, 6) is 0. The Morgan fingerprint density at radius 3 is 2.12 bits per heavy atom. The van der Waals surface area contributed by atoms with Gasteiger partial charge in [-0.25, -0.2) is 0 Å². The minimum Gasteiger partial charge on any atom is -0.389 e. The van der Waals surface area contributed by atoms with Crippen LogP contribution in [0.3, 0.4) is 0 Å². The first-order valence-electron chi connectivity index (χ1n) is 7.98. The molecule has 2 rings (SSSR count). The number of benzene rings is 2. The molecule has 4 heteroatoms. The maximum absolute atomic E-state index is 12.7. The first kappa shape index (κ1) is 18.7. The Labute approximate surface area is 148 Å². The Bertz CT molecular complexity index is 635. The fourth-order valence-corrected chi connectivity index (χ4v) is 3.00. The van der Waals surface area contributed by atoms with Crippen molar-refractivity contribution in [1.29, 1.82) is 0 Å². The lowest BCUT2D eigenvalue weighted by atomic mass is 9.86. The van der Waals surface area contributed by atoms with Gasteiger partial charge in [-0.2, -0.15) is 0 Å². The Kier molecular flexibility index (Phi) is 6.60. The Morgan fingerprint density at radius 2 is 1.58 bits per heavy atom. The van der Waals surface area contributed by atoms with Gasteiger partial charge in [0.25, 0.3) is 0 Å². The lowest BCUT2D eigenvalue weighted by Gasteiger charge is -2.31. The molecule has 0 unspecified atom stereocenters. The van der Waals surface area contributed by atoms with Crippen LogP contribution >= 0.6 is 11.8 Å². The predicted octanol–water partition coefficient (Wildman–Crippen LogP) is 4.30. The van der Waals surface area contributed by atoms with E-state index in [0.29, 0.717) is 6.61 Å². The van der Waals surface area contributed by atoms with E-state index < -0.39 is 17.6 Å². The average molecular weight is 344 g/mol. The van der Waals surface area contributed by atoms with Crippen LogP contribution in [-0.2, 0) is 16.1 Å². The van der Waals surface area contributed by atoms with E-state index in [0.717, 1.165) is 22.2 Å². The zero-order chi connectivity index (χ0) is 17.6. The number of hydrogen-bond donors (Lipinski definition) is 1. The molecule has 2 aromatic rings. The first-order valence-corrected chi connectivity index (χ1v) is 8.80. The minimum absolute atomic E-state index is 0.181. The van der Waals surface area contributed by atoms with Gasteiger partial charge in [-0.05, 0) is 34.9 Å². The number of thioether (sulfide) groups is 1. The highest BCUT2D eigenvalue weighted by Gasteiger charge is 2.36. The van der Waals surface area contributed by atoms with Crippen LogP contribution in [0.1, 0.15) is 26.3 Å². The highest BCUT2D eigenvalue weighted by Crippen LogP contribution is 2.29. The summed E-state index contributed by atoms with van der Waals surface area (Å²) in [6.45, 7) is 5.99. The van der Waals surface area contributed by atoms with Gasteiger partial charge in [0, 0.05) is 4.90 Å². The lowest BCUT2D eigenvalue weighted by Crippen LogP contribution is -2.43. The van der Waals surface area contributed by atoms with Crippen LogP contribution in [0.15, 0.2) is 65.6 Å². The molecule has 0 aliphatic rings. The Hall–Kier alpha value is -1.62. The largest absolute Gasteiger partial charge is 0.389 e. The molecule has 0 heterocycles. The van der Waals surface area contributed by atoms with Gasteiger partial charge in [-0.3, -0.25) is 4.79 Å². The second-order valence-corrected chi connectivity index (χ2v) is 7.84. The zero-order valence-corrected chi connectivity index (χ0v) is 15.1. The van der Waals surface area contributed by atoms with Gasteiger partial charge in [0.15, 0.2) is 6.10 Å². The van der Waals surface area contributed by atoms with E-state index in [4.69, 9.17) is 4.74 Å². The monoisotopic (exact) mass is 344 g/mol. The number of carbonyl (C=O) groups is 1. The maximum Gasteiger partial charge on any atom is 0.225 e. The van der Waals surface area contributed by atoms with Crippen molar-refractivity contribution in [3.05, 3.63) is 66.2 Å². The van der Waals surface area contributed by atoms with Crippen molar-refractivity contribution in [2.75, 3.05) is 0 Å². The highest BCUT2D eigenvalue weighted by atomic mass is 32.2. The summed E-state index contributed by atoms with van der Waals surface area (Å²) < 4.78 is 5.83. The second-order valence-electron chi connectivity index (χ2n) is 6.76. The van der Waals surface area contributed by atoms with Crippen LogP contribution in [-0.4, -0.2) is 22.4 Å². The van der Waals surface area contributed by atoms with Crippen molar-refractivity contribution in [3.8, 4) is 0 Å². The molecule has 24 heavy (non-hydrogen) atoms. The second kappa shape index (κ2) is 8.47. The van der Waals surface area contributed by atoms with Crippen molar-refractivity contribution in [2.45, 2.75) is 44.5 Å². The van der Waals surface area contributed by atoms with Gasteiger partial charge in [0.2, 0.25) is 5.12 Å². The Morgan fingerprint density at radius 1 is 1.04 bits per heavy atom. The molecular weight excluding hydrogens is 320 g/mol. The maximum atomic E-state index is 12.7. The molecule has 3 nitrogen and oxygen atoms in total. The number of aliphatic hydroxyl groups excluding tert-OH is 1. The van der Waals surface area contributed by atoms with E-state index in [9.17, 15) is 9.90 Å². The van der Waals surface area contributed by atoms with Gasteiger partial charge < -0.3 is 9.84 Å².